The van der Waals surface area contributed by atoms with E-state index in [1.165, 1.54) is 0 Å². The highest BCUT2D eigenvalue weighted by atomic mass is 79.9. The first kappa shape index (κ1) is 14.6. The van der Waals surface area contributed by atoms with Gasteiger partial charge in [0.1, 0.15) is 12.4 Å². The summed E-state index contributed by atoms with van der Waals surface area (Å²) in [5, 5.41) is 0. The molecular weight excluding hydrogens is 370 g/mol. The summed E-state index contributed by atoms with van der Waals surface area (Å²) in [7, 11) is 0. The summed E-state index contributed by atoms with van der Waals surface area (Å²) in [5.41, 5.74) is 8.08. The Morgan fingerprint density at radius 1 is 1.16 bits per heavy atom. The minimum atomic E-state index is -0.0534. The van der Waals surface area contributed by atoms with Gasteiger partial charge in [-0.1, -0.05) is 56.1 Å². The Kier molecular flexibility index (Phi) is 5.02. The number of halogens is 2. The molecule has 0 aliphatic heterocycles. The van der Waals surface area contributed by atoms with E-state index in [1.807, 2.05) is 49.4 Å². The van der Waals surface area contributed by atoms with Crippen molar-refractivity contribution in [2.45, 2.75) is 19.6 Å². The predicted octanol–water partition coefficient (Wildman–Crippen LogP) is 4.81. The fourth-order valence-electron chi connectivity index (χ4n) is 1.78. The zero-order valence-electron chi connectivity index (χ0n) is 10.6. The smallest absolute Gasteiger partial charge is 0.125 e. The van der Waals surface area contributed by atoms with Gasteiger partial charge < -0.3 is 10.5 Å². The van der Waals surface area contributed by atoms with E-state index in [4.69, 9.17) is 10.5 Å². The molecule has 2 aromatic carbocycles. The van der Waals surface area contributed by atoms with Gasteiger partial charge in [0, 0.05) is 26.1 Å². The van der Waals surface area contributed by atoms with Crippen molar-refractivity contribution >= 4 is 31.9 Å². The van der Waals surface area contributed by atoms with Crippen LogP contribution >= 0.6 is 31.9 Å². The van der Waals surface area contributed by atoms with Crippen LogP contribution in [0.2, 0.25) is 0 Å². The first-order valence-corrected chi connectivity index (χ1v) is 7.58. The van der Waals surface area contributed by atoms with E-state index in [0.29, 0.717) is 6.61 Å². The maximum absolute atomic E-state index is 5.96. The SMILES string of the molecule is CC(N)c1ccc(Br)cc1OCc1ccccc1Br. The number of ether oxygens (including phenoxy) is 1. The van der Waals surface area contributed by atoms with Crippen LogP contribution in [0.4, 0.5) is 0 Å². The zero-order chi connectivity index (χ0) is 13.8. The maximum Gasteiger partial charge on any atom is 0.125 e. The minimum absolute atomic E-state index is 0.0534. The lowest BCUT2D eigenvalue weighted by Crippen LogP contribution is -2.08. The molecule has 0 aliphatic carbocycles. The molecule has 0 saturated heterocycles. The second-order valence-electron chi connectivity index (χ2n) is 4.35. The fraction of sp³-hybridized carbons (Fsp3) is 0.200. The number of hydrogen-bond acceptors (Lipinski definition) is 2. The van der Waals surface area contributed by atoms with Crippen LogP contribution in [0.15, 0.2) is 51.4 Å². The molecule has 2 N–H and O–H groups in total. The van der Waals surface area contributed by atoms with Gasteiger partial charge in [-0.25, -0.2) is 0 Å². The second-order valence-corrected chi connectivity index (χ2v) is 6.12. The Bertz CT molecular complexity index is 570. The molecule has 100 valence electrons. The van der Waals surface area contributed by atoms with Gasteiger partial charge in [0.25, 0.3) is 0 Å². The highest BCUT2D eigenvalue weighted by Gasteiger charge is 2.09. The van der Waals surface area contributed by atoms with Crippen LogP contribution in [-0.4, -0.2) is 0 Å². The summed E-state index contributed by atoms with van der Waals surface area (Å²) in [4.78, 5) is 0. The van der Waals surface area contributed by atoms with Crippen molar-refractivity contribution in [3.05, 3.63) is 62.5 Å². The molecule has 19 heavy (non-hydrogen) atoms. The molecule has 2 nitrogen and oxygen atoms in total. The lowest BCUT2D eigenvalue weighted by atomic mass is 10.1. The Morgan fingerprint density at radius 2 is 1.89 bits per heavy atom. The largest absolute Gasteiger partial charge is 0.488 e. The van der Waals surface area contributed by atoms with Gasteiger partial charge in [0.15, 0.2) is 0 Å². The summed E-state index contributed by atoms with van der Waals surface area (Å²) in [6.45, 7) is 2.46. The van der Waals surface area contributed by atoms with E-state index in [2.05, 4.69) is 31.9 Å². The highest BCUT2D eigenvalue weighted by molar-refractivity contribution is 9.10. The molecule has 0 radical (unpaired) electrons. The van der Waals surface area contributed by atoms with Gasteiger partial charge in [-0.2, -0.15) is 0 Å². The average molecular weight is 385 g/mol. The maximum atomic E-state index is 5.96. The van der Waals surface area contributed by atoms with Crippen LogP contribution < -0.4 is 10.5 Å². The van der Waals surface area contributed by atoms with Crippen molar-refractivity contribution in [1.29, 1.82) is 0 Å². The first-order chi connectivity index (χ1) is 9.08. The van der Waals surface area contributed by atoms with Crippen LogP contribution in [0, 0.1) is 0 Å². The molecule has 0 bridgehead atoms. The quantitative estimate of drug-likeness (QED) is 0.820. The van der Waals surface area contributed by atoms with Gasteiger partial charge in [-0.15, -0.1) is 0 Å². The summed E-state index contributed by atoms with van der Waals surface area (Å²) in [6, 6.07) is 13.9. The molecular formula is C15H15Br2NO. The van der Waals surface area contributed by atoms with Crippen molar-refractivity contribution in [3.8, 4) is 5.75 Å². The van der Waals surface area contributed by atoms with E-state index in [9.17, 15) is 0 Å². The molecule has 0 fully saturated rings. The lowest BCUT2D eigenvalue weighted by Gasteiger charge is -2.15. The van der Waals surface area contributed by atoms with Crippen LogP contribution in [0.1, 0.15) is 24.1 Å². The monoisotopic (exact) mass is 383 g/mol. The van der Waals surface area contributed by atoms with E-state index in [0.717, 1.165) is 25.8 Å². The van der Waals surface area contributed by atoms with Gasteiger partial charge in [-0.3, -0.25) is 0 Å². The van der Waals surface area contributed by atoms with Crippen LogP contribution in [-0.2, 0) is 6.61 Å². The number of nitrogens with two attached hydrogens (primary N) is 1. The molecule has 1 unspecified atom stereocenters. The third-order valence-electron chi connectivity index (χ3n) is 2.81. The number of benzene rings is 2. The highest BCUT2D eigenvalue weighted by Crippen LogP contribution is 2.29. The first-order valence-electron chi connectivity index (χ1n) is 5.99. The fourth-order valence-corrected chi connectivity index (χ4v) is 2.52. The van der Waals surface area contributed by atoms with Crippen molar-refractivity contribution in [2.24, 2.45) is 5.73 Å². The van der Waals surface area contributed by atoms with Gasteiger partial charge in [-0.05, 0) is 25.1 Å². The van der Waals surface area contributed by atoms with Crippen LogP contribution in [0.5, 0.6) is 5.75 Å². The minimum Gasteiger partial charge on any atom is -0.488 e. The van der Waals surface area contributed by atoms with Gasteiger partial charge >= 0.3 is 0 Å². The van der Waals surface area contributed by atoms with Crippen molar-refractivity contribution in [1.82, 2.24) is 0 Å². The molecule has 2 rings (SSSR count). The lowest BCUT2D eigenvalue weighted by molar-refractivity contribution is 0.300. The number of rotatable bonds is 4. The Balaban J connectivity index is 2.19. The zero-order valence-corrected chi connectivity index (χ0v) is 13.7. The predicted molar refractivity (Wildman–Crippen MR) is 85.2 cm³/mol. The molecule has 2 aromatic rings. The van der Waals surface area contributed by atoms with Crippen molar-refractivity contribution in [3.63, 3.8) is 0 Å². The van der Waals surface area contributed by atoms with E-state index < -0.39 is 0 Å². The summed E-state index contributed by atoms with van der Waals surface area (Å²) < 4.78 is 7.94. The molecule has 0 spiro atoms. The third kappa shape index (κ3) is 3.81. The molecule has 0 amide bonds. The van der Waals surface area contributed by atoms with E-state index >= 15 is 0 Å². The van der Waals surface area contributed by atoms with Gasteiger partial charge in [0.2, 0.25) is 0 Å². The van der Waals surface area contributed by atoms with E-state index in [-0.39, 0.29) is 6.04 Å². The van der Waals surface area contributed by atoms with Crippen molar-refractivity contribution < 1.29 is 4.74 Å². The normalized spacial score (nSPS) is 12.2. The molecule has 1 atom stereocenters. The second kappa shape index (κ2) is 6.55. The molecule has 4 heteroatoms. The van der Waals surface area contributed by atoms with Gasteiger partial charge in [0.05, 0.1) is 0 Å². The molecule has 0 saturated carbocycles. The van der Waals surface area contributed by atoms with Crippen LogP contribution in [0.3, 0.4) is 0 Å². The Labute approximate surface area is 130 Å². The molecule has 0 heterocycles. The standard InChI is InChI=1S/C15H15Br2NO/c1-10(18)13-7-6-12(16)8-15(13)19-9-11-4-2-3-5-14(11)17/h2-8,10H,9,18H2,1H3. The molecule has 0 aromatic heterocycles. The average Bonchev–Trinajstić information content (AvgIpc) is 2.37. The molecule has 0 aliphatic rings. The Morgan fingerprint density at radius 3 is 2.58 bits per heavy atom. The van der Waals surface area contributed by atoms with Crippen LogP contribution in [0.25, 0.3) is 0 Å². The Hall–Kier alpha value is -0.840. The summed E-state index contributed by atoms with van der Waals surface area (Å²) >= 11 is 6.97. The van der Waals surface area contributed by atoms with Crippen molar-refractivity contribution in [2.75, 3.05) is 0 Å². The third-order valence-corrected chi connectivity index (χ3v) is 4.07. The van der Waals surface area contributed by atoms with E-state index in [1.54, 1.807) is 0 Å². The number of hydrogen-bond donors (Lipinski definition) is 1. The summed E-state index contributed by atoms with van der Waals surface area (Å²) in [6.07, 6.45) is 0. The summed E-state index contributed by atoms with van der Waals surface area (Å²) in [5.74, 6) is 0.820. The topological polar surface area (TPSA) is 35.2 Å².